The number of thioether (sulfide) groups is 1. The Hall–Kier alpha value is -1.89. The van der Waals surface area contributed by atoms with Gasteiger partial charge in [0.15, 0.2) is 0 Å². The zero-order valence-corrected chi connectivity index (χ0v) is 13.7. The van der Waals surface area contributed by atoms with Crippen molar-refractivity contribution in [1.82, 2.24) is 10.2 Å². The maximum atomic E-state index is 12.1. The maximum Gasteiger partial charge on any atom is 0.282 e. The van der Waals surface area contributed by atoms with Crippen molar-refractivity contribution in [2.24, 2.45) is 0 Å². The summed E-state index contributed by atoms with van der Waals surface area (Å²) in [6.07, 6.45) is 0. The second-order valence-corrected chi connectivity index (χ2v) is 5.98. The fourth-order valence-corrected chi connectivity index (χ4v) is 3.11. The average molecular weight is 324 g/mol. The van der Waals surface area contributed by atoms with Gasteiger partial charge in [0.2, 0.25) is 5.91 Å². The third-order valence-corrected chi connectivity index (χ3v) is 4.36. The molecule has 1 aromatic rings. The fourth-order valence-electron chi connectivity index (χ4n) is 2.28. The second-order valence-electron chi connectivity index (χ2n) is 4.93. The molecule has 1 N–H and O–H groups in total. The van der Waals surface area contributed by atoms with E-state index in [0.717, 1.165) is 11.3 Å². The molecular formula is C15H20N2O4S. The molecule has 1 aliphatic heterocycles. The normalized spacial score (nSPS) is 15.6. The Bertz CT molecular complexity index is 564. The number of carbonyl (C=O) groups excluding carboxylic acids is 2. The fraction of sp³-hybridized carbons (Fsp3) is 0.467. The number of benzene rings is 1. The molecule has 120 valence electrons. The number of hydrogen-bond donors (Lipinski definition) is 1. The zero-order valence-electron chi connectivity index (χ0n) is 12.9. The molecule has 0 saturated carbocycles. The first-order valence-corrected chi connectivity index (χ1v) is 7.96. The molecule has 1 aliphatic rings. The van der Waals surface area contributed by atoms with Crippen LogP contribution in [0.2, 0.25) is 0 Å². The van der Waals surface area contributed by atoms with Gasteiger partial charge in [-0.05, 0) is 19.1 Å². The molecule has 1 saturated heterocycles. The first-order chi connectivity index (χ1) is 10.5. The maximum absolute atomic E-state index is 12.1. The third kappa shape index (κ3) is 3.85. The summed E-state index contributed by atoms with van der Waals surface area (Å²) in [6.45, 7) is 2.59. The molecule has 2 amide bonds. The van der Waals surface area contributed by atoms with Crippen molar-refractivity contribution in [3.8, 4) is 11.5 Å². The SMILES string of the molecule is COc1ccc(C(C)NC(=O)CN2CCSC2=O)c(OC)c1. The lowest BCUT2D eigenvalue weighted by Crippen LogP contribution is -2.38. The van der Waals surface area contributed by atoms with Crippen LogP contribution in [0.25, 0.3) is 0 Å². The van der Waals surface area contributed by atoms with Gasteiger partial charge >= 0.3 is 0 Å². The van der Waals surface area contributed by atoms with Crippen LogP contribution in [0.3, 0.4) is 0 Å². The highest BCUT2D eigenvalue weighted by Crippen LogP contribution is 2.29. The van der Waals surface area contributed by atoms with Crippen LogP contribution in [-0.4, -0.2) is 49.1 Å². The highest BCUT2D eigenvalue weighted by molar-refractivity contribution is 8.13. The standard InChI is InChI=1S/C15H20N2O4S/c1-10(12-5-4-11(20-2)8-13(12)21-3)16-14(18)9-17-6-7-22-15(17)19/h4-5,8,10H,6-7,9H2,1-3H3,(H,16,18). The van der Waals surface area contributed by atoms with Gasteiger partial charge < -0.3 is 19.7 Å². The van der Waals surface area contributed by atoms with Gasteiger partial charge in [0.25, 0.3) is 5.24 Å². The predicted octanol–water partition coefficient (Wildman–Crippen LogP) is 2.05. The Morgan fingerprint density at radius 1 is 1.41 bits per heavy atom. The predicted molar refractivity (Wildman–Crippen MR) is 85.5 cm³/mol. The molecule has 1 unspecified atom stereocenters. The average Bonchev–Trinajstić information content (AvgIpc) is 2.91. The molecule has 7 heteroatoms. The quantitative estimate of drug-likeness (QED) is 0.867. The van der Waals surface area contributed by atoms with Gasteiger partial charge in [0, 0.05) is 23.9 Å². The smallest absolute Gasteiger partial charge is 0.282 e. The first kappa shape index (κ1) is 16.5. The summed E-state index contributed by atoms with van der Waals surface area (Å²) in [5, 5.41) is 2.86. The Kier molecular flexibility index (Phi) is 5.54. The van der Waals surface area contributed by atoms with Gasteiger partial charge in [-0.3, -0.25) is 9.59 Å². The van der Waals surface area contributed by atoms with E-state index in [0.29, 0.717) is 18.0 Å². The molecule has 0 aromatic heterocycles. The molecule has 1 atom stereocenters. The molecule has 0 spiro atoms. The van der Waals surface area contributed by atoms with Crippen LogP contribution < -0.4 is 14.8 Å². The van der Waals surface area contributed by atoms with E-state index in [2.05, 4.69) is 5.32 Å². The molecule has 0 bridgehead atoms. The van der Waals surface area contributed by atoms with Gasteiger partial charge in [0.1, 0.15) is 18.0 Å². The van der Waals surface area contributed by atoms with Crippen LogP contribution in [-0.2, 0) is 4.79 Å². The van der Waals surface area contributed by atoms with E-state index in [-0.39, 0.29) is 23.7 Å². The van der Waals surface area contributed by atoms with Gasteiger partial charge in [0.05, 0.1) is 20.3 Å². The summed E-state index contributed by atoms with van der Waals surface area (Å²) >= 11 is 1.25. The van der Waals surface area contributed by atoms with Crippen LogP contribution in [0.5, 0.6) is 11.5 Å². The van der Waals surface area contributed by atoms with Crippen molar-refractivity contribution in [1.29, 1.82) is 0 Å². The molecule has 1 fully saturated rings. The summed E-state index contributed by atoms with van der Waals surface area (Å²) in [5.74, 6) is 1.91. The first-order valence-electron chi connectivity index (χ1n) is 6.98. The molecule has 6 nitrogen and oxygen atoms in total. The Morgan fingerprint density at radius 2 is 2.18 bits per heavy atom. The van der Waals surface area contributed by atoms with Crippen molar-refractivity contribution >= 4 is 22.9 Å². The third-order valence-electron chi connectivity index (χ3n) is 3.46. The van der Waals surface area contributed by atoms with Crippen molar-refractivity contribution in [2.45, 2.75) is 13.0 Å². The van der Waals surface area contributed by atoms with E-state index in [1.165, 1.54) is 11.8 Å². The molecule has 2 rings (SSSR count). The minimum atomic E-state index is -0.223. The van der Waals surface area contributed by atoms with Gasteiger partial charge in [-0.25, -0.2) is 0 Å². The van der Waals surface area contributed by atoms with E-state index in [1.54, 1.807) is 25.2 Å². The zero-order chi connectivity index (χ0) is 16.1. The summed E-state index contributed by atoms with van der Waals surface area (Å²) in [6, 6.07) is 5.23. The summed E-state index contributed by atoms with van der Waals surface area (Å²) in [7, 11) is 3.16. The highest BCUT2D eigenvalue weighted by Gasteiger charge is 2.24. The van der Waals surface area contributed by atoms with Gasteiger partial charge in [-0.15, -0.1) is 0 Å². The van der Waals surface area contributed by atoms with Crippen LogP contribution >= 0.6 is 11.8 Å². The van der Waals surface area contributed by atoms with Crippen molar-refractivity contribution in [2.75, 3.05) is 33.1 Å². The Labute approximate surface area is 134 Å². The summed E-state index contributed by atoms with van der Waals surface area (Å²) in [4.78, 5) is 25.1. The topological polar surface area (TPSA) is 67.9 Å². The monoisotopic (exact) mass is 324 g/mol. The number of rotatable bonds is 6. The number of carbonyl (C=O) groups is 2. The van der Waals surface area contributed by atoms with Crippen molar-refractivity contribution < 1.29 is 19.1 Å². The number of ether oxygens (including phenoxy) is 2. The lowest BCUT2D eigenvalue weighted by Gasteiger charge is -2.20. The van der Waals surface area contributed by atoms with E-state index in [1.807, 2.05) is 19.1 Å². The van der Waals surface area contributed by atoms with Gasteiger partial charge in [-0.2, -0.15) is 0 Å². The molecule has 1 aromatic carbocycles. The van der Waals surface area contributed by atoms with E-state index < -0.39 is 0 Å². The van der Waals surface area contributed by atoms with Gasteiger partial charge in [-0.1, -0.05) is 11.8 Å². The van der Waals surface area contributed by atoms with Crippen molar-refractivity contribution in [3.05, 3.63) is 23.8 Å². The summed E-state index contributed by atoms with van der Waals surface area (Å²) in [5.41, 5.74) is 0.860. The van der Waals surface area contributed by atoms with Crippen LogP contribution in [0.1, 0.15) is 18.5 Å². The lowest BCUT2D eigenvalue weighted by atomic mass is 10.1. The Morgan fingerprint density at radius 3 is 2.77 bits per heavy atom. The number of methoxy groups -OCH3 is 2. The van der Waals surface area contributed by atoms with Crippen LogP contribution in [0.4, 0.5) is 4.79 Å². The molecule has 22 heavy (non-hydrogen) atoms. The highest BCUT2D eigenvalue weighted by atomic mass is 32.2. The largest absolute Gasteiger partial charge is 0.497 e. The lowest BCUT2D eigenvalue weighted by molar-refractivity contribution is -0.122. The van der Waals surface area contributed by atoms with Crippen molar-refractivity contribution in [3.63, 3.8) is 0 Å². The van der Waals surface area contributed by atoms with E-state index in [4.69, 9.17) is 9.47 Å². The van der Waals surface area contributed by atoms with Crippen LogP contribution in [0, 0.1) is 0 Å². The molecule has 0 aliphatic carbocycles. The van der Waals surface area contributed by atoms with E-state index >= 15 is 0 Å². The number of nitrogens with zero attached hydrogens (tertiary/aromatic N) is 1. The second kappa shape index (κ2) is 7.40. The van der Waals surface area contributed by atoms with Crippen LogP contribution in [0.15, 0.2) is 18.2 Å². The number of hydrogen-bond acceptors (Lipinski definition) is 5. The Balaban J connectivity index is 2.00. The summed E-state index contributed by atoms with van der Waals surface area (Å²) < 4.78 is 10.5. The minimum absolute atomic E-state index is 0.0372. The number of nitrogens with one attached hydrogen (secondary N) is 1. The molecule has 1 heterocycles. The molecular weight excluding hydrogens is 304 g/mol. The molecule has 0 radical (unpaired) electrons. The minimum Gasteiger partial charge on any atom is -0.497 e. The van der Waals surface area contributed by atoms with E-state index in [9.17, 15) is 9.59 Å². The number of amides is 2.